The first-order valence-electron chi connectivity index (χ1n) is 6.04. The van der Waals surface area contributed by atoms with Crippen molar-refractivity contribution in [3.63, 3.8) is 0 Å². The van der Waals surface area contributed by atoms with Gasteiger partial charge in [0.15, 0.2) is 5.75 Å². The Kier molecular flexibility index (Phi) is 3.83. The van der Waals surface area contributed by atoms with Gasteiger partial charge < -0.3 is 9.47 Å². The zero-order chi connectivity index (χ0) is 11.4. The smallest absolute Gasteiger partial charge is 0.157 e. The molecule has 1 saturated heterocycles. The van der Waals surface area contributed by atoms with Gasteiger partial charge in [-0.05, 0) is 26.7 Å². The van der Waals surface area contributed by atoms with Crippen LogP contribution in [0.15, 0.2) is 12.4 Å². The van der Waals surface area contributed by atoms with Crippen LogP contribution in [0, 0.1) is 0 Å². The molecule has 2 heterocycles. The highest BCUT2D eigenvalue weighted by atomic mass is 16.5. The Hall–Kier alpha value is -1.03. The van der Waals surface area contributed by atoms with Crippen molar-refractivity contribution in [3.8, 4) is 5.75 Å². The number of hydrogen-bond acceptors (Lipinski definition) is 3. The molecule has 1 unspecified atom stereocenters. The summed E-state index contributed by atoms with van der Waals surface area (Å²) in [5.74, 6) is 0.853. The standard InChI is InChI=1S/C12H20N2O2/c1-10(2)14-9-12(8-13-14)16-7-5-11-4-3-6-15-11/h8-11H,3-7H2,1-2H3. The van der Waals surface area contributed by atoms with Gasteiger partial charge in [0.2, 0.25) is 0 Å². The van der Waals surface area contributed by atoms with Crippen molar-refractivity contribution in [1.29, 1.82) is 0 Å². The van der Waals surface area contributed by atoms with E-state index in [1.54, 1.807) is 6.20 Å². The molecule has 0 N–H and O–H groups in total. The van der Waals surface area contributed by atoms with Gasteiger partial charge in [-0.1, -0.05) is 0 Å². The Balaban J connectivity index is 1.72. The predicted octanol–water partition coefficient (Wildman–Crippen LogP) is 2.41. The molecular weight excluding hydrogens is 204 g/mol. The van der Waals surface area contributed by atoms with E-state index in [0.717, 1.165) is 18.8 Å². The predicted molar refractivity (Wildman–Crippen MR) is 61.7 cm³/mol. The first-order chi connectivity index (χ1) is 7.75. The fraction of sp³-hybridized carbons (Fsp3) is 0.750. The highest BCUT2D eigenvalue weighted by Gasteiger charge is 2.15. The summed E-state index contributed by atoms with van der Waals surface area (Å²) in [7, 11) is 0. The van der Waals surface area contributed by atoms with Crippen LogP contribution in [0.1, 0.15) is 39.2 Å². The lowest BCUT2D eigenvalue weighted by Gasteiger charge is -2.09. The minimum atomic E-state index is 0.385. The molecule has 4 heteroatoms. The van der Waals surface area contributed by atoms with E-state index in [1.807, 2.05) is 10.9 Å². The van der Waals surface area contributed by atoms with E-state index < -0.39 is 0 Å². The third-order valence-electron chi connectivity index (χ3n) is 2.84. The van der Waals surface area contributed by atoms with Crippen LogP contribution in [0.5, 0.6) is 5.75 Å². The summed E-state index contributed by atoms with van der Waals surface area (Å²) in [4.78, 5) is 0. The topological polar surface area (TPSA) is 36.3 Å². The minimum Gasteiger partial charge on any atom is -0.490 e. The van der Waals surface area contributed by atoms with Crippen molar-refractivity contribution >= 4 is 0 Å². The summed E-state index contributed by atoms with van der Waals surface area (Å²) >= 11 is 0. The first-order valence-corrected chi connectivity index (χ1v) is 6.04. The number of ether oxygens (including phenoxy) is 2. The maximum Gasteiger partial charge on any atom is 0.157 e. The van der Waals surface area contributed by atoms with Gasteiger partial charge in [-0.25, -0.2) is 0 Å². The zero-order valence-electron chi connectivity index (χ0n) is 10.1. The van der Waals surface area contributed by atoms with Crippen molar-refractivity contribution in [2.45, 2.75) is 45.3 Å². The molecule has 0 aliphatic carbocycles. The molecule has 1 aromatic heterocycles. The lowest BCUT2D eigenvalue weighted by molar-refractivity contribution is 0.0903. The minimum absolute atomic E-state index is 0.385. The summed E-state index contributed by atoms with van der Waals surface area (Å²) in [6.07, 6.45) is 7.47. The monoisotopic (exact) mass is 224 g/mol. The molecule has 4 nitrogen and oxygen atoms in total. The van der Waals surface area contributed by atoms with Crippen LogP contribution in [0.25, 0.3) is 0 Å². The molecule has 1 fully saturated rings. The van der Waals surface area contributed by atoms with Gasteiger partial charge in [-0.3, -0.25) is 4.68 Å². The average molecular weight is 224 g/mol. The van der Waals surface area contributed by atoms with Crippen LogP contribution in [0.3, 0.4) is 0 Å². The van der Waals surface area contributed by atoms with E-state index >= 15 is 0 Å². The van der Waals surface area contributed by atoms with Crippen molar-refractivity contribution in [2.75, 3.05) is 13.2 Å². The maximum absolute atomic E-state index is 5.64. The molecule has 2 rings (SSSR count). The van der Waals surface area contributed by atoms with Gasteiger partial charge in [0.25, 0.3) is 0 Å². The molecule has 16 heavy (non-hydrogen) atoms. The van der Waals surface area contributed by atoms with E-state index in [2.05, 4.69) is 18.9 Å². The van der Waals surface area contributed by atoms with E-state index in [1.165, 1.54) is 12.8 Å². The number of rotatable bonds is 5. The van der Waals surface area contributed by atoms with Crippen molar-refractivity contribution in [1.82, 2.24) is 9.78 Å². The SMILES string of the molecule is CC(C)n1cc(OCCC2CCCO2)cn1. The van der Waals surface area contributed by atoms with Gasteiger partial charge in [-0.2, -0.15) is 5.10 Å². The molecule has 0 amide bonds. The Morgan fingerprint density at radius 2 is 2.50 bits per heavy atom. The van der Waals surface area contributed by atoms with Gasteiger partial charge in [0.05, 0.1) is 25.1 Å². The van der Waals surface area contributed by atoms with Crippen molar-refractivity contribution in [2.24, 2.45) is 0 Å². The van der Waals surface area contributed by atoms with Crippen LogP contribution in [0.2, 0.25) is 0 Å². The molecule has 1 aliphatic heterocycles. The van der Waals surface area contributed by atoms with E-state index in [0.29, 0.717) is 18.8 Å². The van der Waals surface area contributed by atoms with Crippen LogP contribution < -0.4 is 4.74 Å². The lowest BCUT2D eigenvalue weighted by Crippen LogP contribution is -2.10. The Labute approximate surface area is 96.5 Å². The van der Waals surface area contributed by atoms with Gasteiger partial charge >= 0.3 is 0 Å². The summed E-state index contributed by atoms with van der Waals surface area (Å²) in [6, 6.07) is 0.385. The quantitative estimate of drug-likeness (QED) is 0.770. The van der Waals surface area contributed by atoms with E-state index in [9.17, 15) is 0 Å². The molecule has 0 aromatic carbocycles. The van der Waals surface area contributed by atoms with Gasteiger partial charge in [-0.15, -0.1) is 0 Å². The fourth-order valence-electron chi connectivity index (χ4n) is 1.86. The molecule has 0 bridgehead atoms. The van der Waals surface area contributed by atoms with Crippen LogP contribution in [-0.4, -0.2) is 29.1 Å². The Bertz CT molecular complexity index is 317. The molecular formula is C12H20N2O2. The second-order valence-electron chi connectivity index (χ2n) is 4.52. The largest absolute Gasteiger partial charge is 0.490 e. The van der Waals surface area contributed by atoms with Crippen LogP contribution in [-0.2, 0) is 4.74 Å². The molecule has 0 saturated carbocycles. The third kappa shape index (κ3) is 2.98. The third-order valence-corrected chi connectivity index (χ3v) is 2.84. The second kappa shape index (κ2) is 5.34. The summed E-state index contributed by atoms with van der Waals surface area (Å²) in [5.41, 5.74) is 0. The van der Waals surface area contributed by atoms with Crippen LogP contribution in [0.4, 0.5) is 0 Å². The highest BCUT2D eigenvalue weighted by molar-refractivity contribution is 5.11. The van der Waals surface area contributed by atoms with Gasteiger partial charge in [0.1, 0.15) is 0 Å². The number of aromatic nitrogens is 2. The summed E-state index contributed by atoms with van der Waals surface area (Å²) < 4.78 is 13.1. The normalized spacial score (nSPS) is 20.6. The van der Waals surface area contributed by atoms with E-state index in [4.69, 9.17) is 9.47 Å². The molecule has 0 spiro atoms. The molecule has 1 aromatic rings. The van der Waals surface area contributed by atoms with Crippen molar-refractivity contribution in [3.05, 3.63) is 12.4 Å². The molecule has 1 atom stereocenters. The first kappa shape index (κ1) is 11.5. The van der Waals surface area contributed by atoms with Crippen molar-refractivity contribution < 1.29 is 9.47 Å². The average Bonchev–Trinajstić information content (AvgIpc) is 2.87. The maximum atomic E-state index is 5.64. The fourth-order valence-corrected chi connectivity index (χ4v) is 1.86. The Morgan fingerprint density at radius 3 is 3.12 bits per heavy atom. The number of nitrogens with zero attached hydrogens (tertiary/aromatic N) is 2. The number of hydrogen-bond donors (Lipinski definition) is 0. The summed E-state index contributed by atoms with van der Waals surface area (Å²) in [6.45, 7) is 5.83. The van der Waals surface area contributed by atoms with Gasteiger partial charge in [0, 0.05) is 19.1 Å². The molecule has 1 aliphatic rings. The molecule has 90 valence electrons. The highest BCUT2D eigenvalue weighted by Crippen LogP contribution is 2.17. The van der Waals surface area contributed by atoms with E-state index in [-0.39, 0.29) is 0 Å². The zero-order valence-corrected chi connectivity index (χ0v) is 10.1. The lowest BCUT2D eigenvalue weighted by atomic mass is 10.2. The van der Waals surface area contributed by atoms with Crippen LogP contribution >= 0.6 is 0 Å². The molecule has 0 radical (unpaired) electrons. The second-order valence-corrected chi connectivity index (χ2v) is 4.52. The summed E-state index contributed by atoms with van der Waals surface area (Å²) in [5, 5.41) is 4.23. The Morgan fingerprint density at radius 1 is 1.62 bits per heavy atom.